The maximum Gasteiger partial charge on any atom is 0.109 e. The first-order valence-corrected chi connectivity index (χ1v) is 3.58. The Bertz CT molecular complexity index is 257. The van der Waals surface area contributed by atoms with Crippen molar-refractivity contribution in [1.29, 1.82) is 0 Å². The number of pyridine rings is 1. The van der Waals surface area contributed by atoms with Gasteiger partial charge in [0.25, 0.3) is 0 Å². The highest BCUT2D eigenvalue weighted by Gasteiger charge is 2.04. The third-order valence-electron chi connectivity index (χ3n) is 1.18. The summed E-state index contributed by atoms with van der Waals surface area (Å²) in [4.78, 5) is 13.6. The summed E-state index contributed by atoms with van der Waals surface area (Å²) in [6.45, 7) is -0.0137. The Balaban J connectivity index is 3.09. The van der Waals surface area contributed by atoms with E-state index in [1.54, 1.807) is 0 Å². The molecule has 0 aromatic carbocycles. The first kappa shape index (κ1) is 8.43. The van der Waals surface area contributed by atoms with Gasteiger partial charge in [0, 0.05) is 18.0 Å². The van der Waals surface area contributed by atoms with Crippen LogP contribution in [-0.4, -0.2) is 4.98 Å². The molecule has 1 heterocycles. The average Bonchev–Trinajstić information content (AvgIpc) is 1.97. The summed E-state index contributed by atoms with van der Waals surface area (Å²) in [5.41, 5.74) is 0.526. The van der Waals surface area contributed by atoms with Gasteiger partial charge in [0.05, 0.1) is 10.0 Å². The van der Waals surface area contributed by atoms with Crippen LogP contribution in [0.5, 0.6) is 0 Å². The lowest BCUT2D eigenvalue weighted by atomic mass is 10.3. The highest BCUT2D eigenvalue weighted by Crippen LogP contribution is 2.23. The molecule has 0 atom stereocenters. The molecule has 0 aliphatic carbocycles. The topological polar surface area (TPSA) is 42.3 Å². The van der Waals surface area contributed by atoms with Crippen LogP contribution < -0.4 is 0 Å². The highest BCUT2D eigenvalue weighted by atomic mass is 35.5. The van der Waals surface area contributed by atoms with Crippen molar-refractivity contribution in [2.45, 2.75) is 6.54 Å². The van der Waals surface area contributed by atoms with E-state index >= 15 is 0 Å². The molecule has 0 spiro atoms. The first-order chi connectivity index (χ1) is 5.25. The van der Waals surface area contributed by atoms with Crippen LogP contribution in [0.4, 0.5) is 0 Å². The first-order valence-electron chi connectivity index (χ1n) is 2.82. The van der Waals surface area contributed by atoms with E-state index in [9.17, 15) is 4.91 Å². The molecule has 11 heavy (non-hydrogen) atoms. The summed E-state index contributed by atoms with van der Waals surface area (Å²) in [5, 5.41) is 3.43. The van der Waals surface area contributed by atoms with E-state index < -0.39 is 0 Å². The number of hydrogen-bond donors (Lipinski definition) is 0. The molecule has 0 saturated heterocycles. The Morgan fingerprint density at radius 1 is 1.36 bits per heavy atom. The number of halogens is 2. The summed E-state index contributed by atoms with van der Waals surface area (Å²) >= 11 is 11.3. The van der Waals surface area contributed by atoms with E-state index in [2.05, 4.69) is 10.2 Å². The molecule has 0 unspecified atom stereocenters. The van der Waals surface area contributed by atoms with Gasteiger partial charge in [-0.2, -0.15) is 4.91 Å². The smallest absolute Gasteiger partial charge is 0.109 e. The standard InChI is InChI=1S/C6H4Cl2N2O/c7-5-2-9-3-6(8)4(5)1-10-11/h2-3H,1H2. The second-order valence-corrected chi connectivity index (χ2v) is 2.68. The van der Waals surface area contributed by atoms with Crippen molar-refractivity contribution in [3.63, 3.8) is 0 Å². The number of nitroso groups, excluding NO2 is 1. The second-order valence-electron chi connectivity index (χ2n) is 1.87. The van der Waals surface area contributed by atoms with Crippen molar-refractivity contribution in [1.82, 2.24) is 4.98 Å². The lowest BCUT2D eigenvalue weighted by Crippen LogP contribution is -1.85. The highest BCUT2D eigenvalue weighted by molar-refractivity contribution is 6.35. The van der Waals surface area contributed by atoms with E-state index in [-0.39, 0.29) is 6.54 Å². The third-order valence-corrected chi connectivity index (χ3v) is 1.83. The van der Waals surface area contributed by atoms with Gasteiger partial charge in [0.1, 0.15) is 6.54 Å². The van der Waals surface area contributed by atoms with Gasteiger partial charge in [-0.15, -0.1) is 0 Å². The van der Waals surface area contributed by atoms with E-state index in [1.165, 1.54) is 12.4 Å². The van der Waals surface area contributed by atoms with Crippen molar-refractivity contribution < 1.29 is 0 Å². The van der Waals surface area contributed by atoms with Crippen LogP contribution >= 0.6 is 23.2 Å². The van der Waals surface area contributed by atoms with Crippen LogP contribution in [0.15, 0.2) is 17.6 Å². The fraction of sp³-hybridized carbons (Fsp3) is 0.167. The predicted molar refractivity (Wildman–Crippen MR) is 43.8 cm³/mol. The van der Waals surface area contributed by atoms with Gasteiger partial charge in [0.2, 0.25) is 0 Å². The van der Waals surface area contributed by atoms with Crippen molar-refractivity contribution in [2.24, 2.45) is 5.18 Å². The Morgan fingerprint density at radius 3 is 2.36 bits per heavy atom. The summed E-state index contributed by atoms with van der Waals surface area (Å²) < 4.78 is 0. The van der Waals surface area contributed by atoms with Gasteiger partial charge < -0.3 is 0 Å². The summed E-state index contributed by atoms with van der Waals surface area (Å²) in [6.07, 6.45) is 2.85. The molecule has 0 aliphatic heterocycles. The number of nitrogens with zero attached hydrogens (tertiary/aromatic N) is 2. The number of rotatable bonds is 2. The quantitative estimate of drug-likeness (QED) is 0.674. The average molecular weight is 191 g/mol. The van der Waals surface area contributed by atoms with Crippen LogP contribution in [0.3, 0.4) is 0 Å². The van der Waals surface area contributed by atoms with Gasteiger partial charge in [-0.1, -0.05) is 28.4 Å². The molecule has 0 fully saturated rings. The van der Waals surface area contributed by atoms with Crippen LogP contribution in [0.2, 0.25) is 10.0 Å². The number of aromatic nitrogens is 1. The minimum Gasteiger partial charge on any atom is -0.262 e. The molecule has 3 nitrogen and oxygen atoms in total. The zero-order valence-electron chi connectivity index (χ0n) is 5.42. The normalized spacial score (nSPS) is 9.64. The molecule has 0 radical (unpaired) electrons. The van der Waals surface area contributed by atoms with Gasteiger partial charge >= 0.3 is 0 Å². The molecule has 5 heteroatoms. The predicted octanol–water partition coefficient (Wildman–Crippen LogP) is 2.65. The molecule has 1 aromatic rings. The van der Waals surface area contributed by atoms with Crippen molar-refractivity contribution in [3.8, 4) is 0 Å². The van der Waals surface area contributed by atoms with E-state index in [1.807, 2.05) is 0 Å². The lowest BCUT2D eigenvalue weighted by molar-refractivity contribution is 1.04. The Hall–Kier alpha value is -0.670. The van der Waals surface area contributed by atoms with Gasteiger partial charge in [0.15, 0.2) is 0 Å². The van der Waals surface area contributed by atoms with E-state index in [0.717, 1.165) is 0 Å². The summed E-state index contributed by atoms with van der Waals surface area (Å²) in [7, 11) is 0. The summed E-state index contributed by atoms with van der Waals surface area (Å²) in [5.74, 6) is 0. The van der Waals surface area contributed by atoms with Gasteiger partial charge in [-0.3, -0.25) is 4.98 Å². The molecule has 0 aliphatic rings. The van der Waals surface area contributed by atoms with Crippen LogP contribution in [-0.2, 0) is 6.54 Å². The monoisotopic (exact) mass is 190 g/mol. The second kappa shape index (κ2) is 3.64. The molecule has 0 saturated carbocycles. The van der Waals surface area contributed by atoms with Crippen molar-refractivity contribution >= 4 is 23.2 Å². The third kappa shape index (κ3) is 1.88. The zero-order valence-corrected chi connectivity index (χ0v) is 6.93. The maximum atomic E-state index is 9.89. The van der Waals surface area contributed by atoms with Gasteiger partial charge in [-0.25, -0.2) is 0 Å². The van der Waals surface area contributed by atoms with Crippen LogP contribution in [0.25, 0.3) is 0 Å². The van der Waals surface area contributed by atoms with Crippen LogP contribution in [0, 0.1) is 4.91 Å². The molecule has 1 rings (SSSR count). The molecule has 1 aromatic heterocycles. The fourth-order valence-corrected chi connectivity index (χ4v) is 1.14. The zero-order chi connectivity index (χ0) is 8.27. The van der Waals surface area contributed by atoms with Gasteiger partial charge in [-0.05, 0) is 0 Å². The fourth-order valence-electron chi connectivity index (χ4n) is 0.654. The van der Waals surface area contributed by atoms with Crippen molar-refractivity contribution in [3.05, 3.63) is 32.9 Å². The minimum absolute atomic E-state index is 0.0137. The molecular formula is C6H4Cl2N2O. The Morgan fingerprint density at radius 2 is 1.91 bits per heavy atom. The molecule has 58 valence electrons. The summed E-state index contributed by atoms with van der Waals surface area (Å²) in [6, 6.07) is 0. The van der Waals surface area contributed by atoms with E-state index in [4.69, 9.17) is 23.2 Å². The number of hydrogen-bond acceptors (Lipinski definition) is 3. The van der Waals surface area contributed by atoms with Crippen LogP contribution in [0.1, 0.15) is 5.56 Å². The molecule has 0 N–H and O–H groups in total. The van der Waals surface area contributed by atoms with Crippen molar-refractivity contribution in [2.75, 3.05) is 0 Å². The largest absolute Gasteiger partial charge is 0.262 e. The maximum absolute atomic E-state index is 9.89. The lowest BCUT2D eigenvalue weighted by Gasteiger charge is -1.99. The molecule has 0 bridgehead atoms. The molecular weight excluding hydrogens is 187 g/mol. The Kier molecular flexibility index (Phi) is 2.79. The minimum atomic E-state index is -0.0137. The molecule has 0 amide bonds. The van der Waals surface area contributed by atoms with E-state index in [0.29, 0.717) is 15.6 Å². The SMILES string of the molecule is O=NCc1c(Cl)cncc1Cl. The Labute approximate surface area is 73.3 Å².